The maximum atomic E-state index is 5.95. The fourth-order valence-corrected chi connectivity index (χ4v) is 3.42. The van der Waals surface area contributed by atoms with Crippen LogP contribution in [0.25, 0.3) is 22.6 Å². The Kier molecular flexibility index (Phi) is 4.19. The summed E-state index contributed by atoms with van der Waals surface area (Å²) in [6.07, 6.45) is 1.56. The second-order valence-corrected chi connectivity index (χ2v) is 6.64. The quantitative estimate of drug-likeness (QED) is 0.416. The Labute approximate surface area is 148 Å². The lowest BCUT2D eigenvalue weighted by Crippen LogP contribution is -1.87. The molecule has 0 radical (unpaired) electrons. The first kappa shape index (κ1) is 15.2. The lowest BCUT2D eigenvalue weighted by molar-refractivity contribution is 1.08. The van der Waals surface area contributed by atoms with Crippen LogP contribution < -0.4 is 0 Å². The summed E-state index contributed by atoms with van der Waals surface area (Å²) in [7, 11) is 0. The smallest absolute Gasteiger partial charge is 0.182 e. The Morgan fingerprint density at radius 1 is 0.958 bits per heavy atom. The Bertz CT molecular complexity index is 967. The summed E-state index contributed by atoms with van der Waals surface area (Å²) in [5, 5.41) is 1.60. The first-order valence-electron chi connectivity index (χ1n) is 7.43. The van der Waals surface area contributed by atoms with Crippen molar-refractivity contribution >= 4 is 34.5 Å². The highest BCUT2D eigenvalue weighted by Gasteiger charge is 2.11. The number of thioether (sulfide) groups is 1. The van der Waals surface area contributed by atoms with Crippen LogP contribution >= 0.6 is 23.4 Å². The van der Waals surface area contributed by atoms with Crippen LogP contribution in [0.5, 0.6) is 0 Å². The lowest BCUT2D eigenvalue weighted by Gasteiger charge is -2.01. The van der Waals surface area contributed by atoms with Gasteiger partial charge in [-0.3, -0.25) is 0 Å². The number of halogens is 1. The topological polar surface area (TPSA) is 54.5 Å². The zero-order valence-corrected chi connectivity index (χ0v) is 14.2. The van der Waals surface area contributed by atoms with Gasteiger partial charge >= 0.3 is 0 Å². The molecule has 0 aliphatic rings. The van der Waals surface area contributed by atoms with E-state index >= 15 is 0 Å². The third kappa shape index (κ3) is 3.13. The summed E-state index contributed by atoms with van der Waals surface area (Å²) in [4.78, 5) is 16.6. The van der Waals surface area contributed by atoms with Gasteiger partial charge in [-0.2, -0.15) is 0 Å². The summed E-state index contributed by atoms with van der Waals surface area (Å²) in [6.45, 7) is 0. The predicted octanol–water partition coefficient (Wildman–Crippen LogP) is 4.97. The number of nitrogens with one attached hydrogen (secondary N) is 1. The molecule has 118 valence electrons. The van der Waals surface area contributed by atoms with E-state index in [9.17, 15) is 0 Å². The van der Waals surface area contributed by atoms with Crippen molar-refractivity contribution < 1.29 is 0 Å². The first-order chi connectivity index (χ1) is 11.8. The standard InChI is InChI=1S/C18H13ClN4S/c19-14-8-6-13(7-9-14)16-22-15-17(23-16)20-11-21-18(15)24-10-12-4-2-1-3-5-12/h1-9,11H,10H2,(H,20,21,22,23). The Morgan fingerprint density at radius 3 is 2.54 bits per heavy atom. The summed E-state index contributed by atoms with van der Waals surface area (Å²) >= 11 is 7.62. The third-order valence-corrected chi connectivity index (χ3v) is 4.90. The molecule has 4 aromatic rings. The monoisotopic (exact) mass is 352 g/mol. The van der Waals surface area contributed by atoms with Crippen molar-refractivity contribution in [2.24, 2.45) is 0 Å². The molecule has 0 unspecified atom stereocenters. The van der Waals surface area contributed by atoms with Gasteiger partial charge in [0, 0.05) is 16.3 Å². The molecule has 4 nitrogen and oxygen atoms in total. The van der Waals surface area contributed by atoms with Crippen molar-refractivity contribution in [2.75, 3.05) is 0 Å². The van der Waals surface area contributed by atoms with E-state index in [1.54, 1.807) is 18.1 Å². The molecule has 0 aliphatic carbocycles. The second kappa shape index (κ2) is 6.63. The van der Waals surface area contributed by atoms with Gasteiger partial charge in [0.1, 0.15) is 22.7 Å². The zero-order valence-electron chi connectivity index (χ0n) is 12.6. The van der Waals surface area contributed by atoms with Crippen LogP contribution in [0.4, 0.5) is 0 Å². The van der Waals surface area contributed by atoms with Gasteiger partial charge in [0.15, 0.2) is 5.65 Å². The van der Waals surface area contributed by atoms with E-state index in [2.05, 4.69) is 32.1 Å². The molecule has 4 rings (SSSR count). The van der Waals surface area contributed by atoms with Crippen LogP contribution in [-0.4, -0.2) is 19.9 Å². The number of H-pyrrole nitrogens is 1. The molecule has 2 aromatic heterocycles. The first-order valence-corrected chi connectivity index (χ1v) is 8.79. The van der Waals surface area contributed by atoms with Gasteiger partial charge in [-0.15, -0.1) is 0 Å². The molecule has 0 aliphatic heterocycles. The van der Waals surface area contributed by atoms with Gasteiger partial charge in [-0.05, 0) is 29.8 Å². The maximum absolute atomic E-state index is 5.95. The molecular formula is C18H13ClN4S. The van der Waals surface area contributed by atoms with Crippen molar-refractivity contribution in [3.05, 3.63) is 71.5 Å². The van der Waals surface area contributed by atoms with Gasteiger partial charge < -0.3 is 4.98 Å². The number of fused-ring (bicyclic) bond motifs is 1. The minimum absolute atomic E-state index is 0.672. The zero-order chi connectivity index (χ0) is 16.4. The van der Waals surface area contributed by atoms with Crippen molar-refractivity contribution in [3.8, 4) is 11.4 Å². The fourth-order valence-electron chi connectivity index (χ4n) is 2.39. The summed E-state index contributed by atoms with van der Waals surface area (Å²) in [6, 6.07) is 17.9. The number of aromatic nitrogens is 4. The molecule has 6 heteroatoms. The van der Waals surface area contributed by atoms with Crippen LogP contribution in [0.2, 0.25) is 5.02 Å². The van der Waals surface area contributed by atoms with E-state index in [0.29, 0.717) is 10.7 Å². The summed E-state index contributed by atoms with van der Waals surface area (Å²) in [5.41, 5.74) is 3.76. The molecular weight excluding hydrogens is 340 g/mol. The molecule has 0 amide bonds. The van der Waals surface area contributed by atoms with Crippen molar-refractivity contribution in [2.45, 2.75) is 10.8 Å². The second-order valence-electron chi connectivity index (χ2n) is 5.24. The SMILES string of the molecule is Clc1ccc(-c2nc3ncnc(SCc4ccccc4)c3[nH]2)cc1. The Morgan fingerprint density at radius 2 is 1.75 bits per heavy atom. The van der Waals surface area contributed by atoms with Crippen molar-refractivity contribution in [1.82, 2.24) is 19.9 Å². The number of rotatable bonds is 4. The highest BCUT2D eigenvalue weighted by atomic mass is 35.5. The molecule has 0 saturated carbocycles. The molecule has 0 atom stereocenters. The number of nitrogens with zero attached hydrogens (tertiary/aromatic N) is 3. The van der Waals surface area contributed by atoms with E-state index in [0.717, 1.165) is 27.7 Å². The molecule has 2 aromatic carbocycles. The van der Waals surface area contributed by atoms with Crippen LogP contribution in [0.1, 0.15) is 5.56 Å². The van der Waals surface area contributed by atoms with Crippen LogP contribution in [0.3, 0.4) is 0 Å². The highest BCUT2D eigenvalue weighted by Crippen LogP contribution is 2.28. The Hall–Kier alpha value is -2.37. The number of benzene rings is 2. The highest BCUT2D eigenvalue weighted by molar-refractivity contribution is 7.98. The summed E-state index contributed by atoms with van der Waals surface area (Å²) < 4.78 is 0. The van der Waals surface area contributed by atoms with Crippen LogP contribution in [0, 0.1) is 0 Å². The van der Waals surface area contributed by atoms with Gasteiger partial charge in [0.05, 0.1) is 0 Å². The summed E-state index contributed by atoms with van der Waals surface area (Å²) in [5.74, 6) is 1.62. The Balaban J connectivity index is 1.66. The molecule has 0 bridgehead atoms. The van der Waals surface area contributed by atoms with Crippen LogP contribution in [-0.2, 0) is 5.75 Å². The van der Waals surface area contributed by atoms with E-state index in [1.165, 1.54) is 5.56 Å². The maximum Gasteiger partial charge on any atom is 0.182 e. The largest absolute Gasteiger partial charge is 0.334 e. The number of hydrogen-bond acceptors (Lipinski definition) is 4. The minimum Gasteiger partial charge on any atom is -0.334 e. The normalized spacial score (nSPS) is 11.0. The van der Waals surface area contributed by atoms with Crippen molar-refractivity contribution in [1.29, 1.82) is 0 Å². The van der Waals surface area contributed by atoms with Gasteiger partial charge in [0.25, 0.3) is 0 Å². The average Bonchev–Trinajstić information content (AvgIpc) is 3.06. The number of aromatic amines is 1. The van der Waals surface area contributed by atoms with E-state index < -0.39 is 0 Å². The fraction of sp³-hybridized carbons (Fsp3) is 0.0556. The van der Waals surface area contributed by atoms with Crippen molar-refractivity contribution in [3.63, 3.8) is 0 Å². The number of hydrogen-bond donors (Lipinski definition) is 1. The third-order valence-electron chi connectivity index (χ3n) is 3.59. The average molecular weight is 353 g/mol. The molecule has 2 heterocycles. The van der Waals surface area contributed by atoms with Gasteiger partial charge in [-0.1, -0.05) is 53.7 Å². The number of imidazole rings is 1. The van der Waals surface area contributed by atoms with Crippen LogP contribution in [0.15, 0.2) is 66.0 Å². The molecule has 0 spiro atoms. The van der Waals surface area contributed by atoms with Gasteiger partial charge in [0.2, 0.25) is 0 Å². The van der Waals surface area contributed by atoms with E-state index in [-0.39, 0.29) is 0 Å². The lowest BCUT2D eigenvalue weighted by atomic mass is 10.2. The van der Waals surface area contributed by atoms with E-state index in [4.69, 9.17) is 11.6 Å². The molecule has 24 heavy (non-hydrogen) atoms. The van der Waals surface area contributed by atoms with Gasteiger partial charge in [-0.25, -0.2) is 15.0 Å². The molecule has 0 saturated heterocycles. The molecule has 1 N–H and O–H groups in total. The minimum atomic E-state index is 0.672. The molecule has 0 fully saturated rings. The predicted molar refractivity (Wildman–Crippen MR) is 98.1 cm³/mol. The van der Waals surface area contributed by atoms with E-state index in [1.807, 2.05) is 42.5 Å².